The van der Waals surface area contributed by atoms with Crippen molar-refractivity contribution in [3.8, 4) is 12.3 Å². The van der Waals surface area contributed by atoms with Gasteiger partial charge in [-0.1, -0.05) is 67.8 Å². The molecule has 1 aliphatic heterocycles. The number of oxime groups is 1. The average Bonchev–Trinajstić information content (AvgIpc) is 3.31. The summed E-state index contributed by atoms with van der Waals surface area (Å²) >= 11 is 0. The Morgan fingerprint density at radius 3 is 2.62 bits per heavy atom. The van der Waals surface area contributed by atoms with Crippen LogP contribution in [0.2, 0.25) is 0 Å². The summed E-state index contributed by atoms with van der Waals surface area (Å²) in [7, 11) is 2.21. The lowest BCUT2D eigenvalue weighted by Crippen LogP contribution is -2.54. The van der Waals surface area contributed by atoms with Gasteiger partial charge in [0.2, 0.25) is 0 Å². The summed E-state index contributed by atoms with van der Waals surface area (Å²) in [5.74, 6) is 4.92. The van der Waals surface area contributed by atoms with E-state index in [1.807, 2.05) is 0 Å². The van der Waals surface area contributed by atoms with Crippen LogP contribution in [0.3, 0.4) is 0 Å². The lowest BCUT2D eigenvalue weighted by Gasteiger charge is -2.58. The van der Waals surface area contributed by atoms with Gasteiger partial charge in [0, 0.05) is 30.0 Å². The molecular weight excluding hydrogens is 558 g/mol. The highest BCUT2D eigenvalue weighted by Crippen LogP contribution is 2.67. The van der Waals surface area contributed by atoms with Crippen molar-refractivity contribution >= 4 is 11.6 Å². The molecule has 1 heterocycles. The second kappa shape index (κ2) is 12.2. The maximum Gasteiger partial charge on any atom is 0.260 e. The van der Waals surface area contributed by atoms with Gasteiger partial charge in [0.15, 0.2) is 6.61 Å². The Morgan fingerprint density at radius 1 is 1.11 bits per heavy atom. The van der Waals surface area contributed by atoms with Gasteiger partial charge in [0.25, 0.3) is 5.91 Å². The molecule has 244 valence electrons. The minimum absolute atomic E-state index is 0.0404. The molecule has 9 atom stereocenters. The number of likely N-dealkylation sites (tertiary alicyclic amines) is 1. The molecule has 6 rings (SSSR count). The molecular formula is C39H55N3O3. The van der Waals surface area contributed by atoms with Crippen molar-refractivity contribution < 1.29 is 14.7 Å². The zero-order chi connectivity index (χ0) is 32.0. The number of benzene rings is 1. The Labute approximate surface area is 271 Å². The van der Waals surface area contributed by atoms with Gasteiger partial charge in [-0.15, -0.1) is 6.42 Å². The Morgan fingerprint density at radius 2 is 1.87 bits per heavy atom. The molecule has 3 saturated carbocycles. The number of terminal acetylenes is 1. The van der Waals surface area contributed by atoms with Gasteiger partial charge >= 0.3 is 0 Å². The van der Waals surface area contributed by atoms with Gasteiger partial charge in [0.1, 0.15) is 5.60 Å². The van der Waals surface area contributed by atoms with E-state index in [1.54, 1.807) is 0 Å². The number of amides is 1. The molecule has 1 amide bonds. The van der Waals surface area contributed by atoms with E-state index < -0.39 is 5.60 Å². The minimum Gasteiger partial charge on any atom is -0.385 e. The van der Waals surface area contributed by atoms with Crippen LogP contribution in [0, 0.1) is 46.8 Å². The van der Waals surface area contributed by atoms with Crippen molar-refractivity contribution in [3.63, 3.8) is 0 Å². The van der Waals surface area contributed by atoms with E-state index in [9.17, 15) is 9.90 Å². The average molecular weight is 614 g/mol. The molecule has 0 aromatic heterocycles. The third kappa shape index (κ3) is 5.46. The Balaban J connectivity index is 1.04. The number of carbonyl (C=O) groups excluding carboxylic acids is 1. The van der Waals surface area contributed by atoms with E-state index in [1.165, 1.54) is 11.1 Å². The molecule has 5 aliphatic rings. The first-order valence-corrected chi connectivity index (χ1v) is 17.6. The maximum absolute atomic E-state index is 12.8. The molecule has 0 spiro atoms. The predicted molar refractivity (Wildman–Crippen MR) is 180 cm³/mol. The summed E-state index contributed by atoms with van der Waals surface area (Å²) in [5.41, 5.74) is 2.90. The Hall–Kier alpha value is -2.62. The maximum atomic E-state index is 12.8. The first-order chi connectivity index (χ1) is 21.5. The smallest absolute Gasteiger partial charge is 0.260 e. The highest BCUT2D eigenvalue weighted by molar-refractivity contribution is 5.96. The molecule has 4 aliphatic carbocycles. The van der Waals surface area contributed by atoms with Gasteiger partial charge in [-0.05, 0) is 119 Å². The van der Waals surface area contributed by atoms with Crippen LogP contribution < -0.4 is 5.32 Å². The minimum atomic E-state index is -0.955. The summed E-state index contributed by atoms with van der Waals surface area (Å²) in [6, 6.07) is 11.3. The number of hydrogen-bond donors (Lipinski definition) is 2. The number of aliphatic hydroxyl groups is 1. The fourth-order valence-electron chi connectivity index (χ4n) is 10.9. The van der Waals surface area contributed by atoms with Gasteiger partial charge in [0.05, 0.1) is 5.71 Å². The zero-order valence-electron chi connectivity index (χ0n) is 28.3. The Bertz CT molecular complexity index is 1370. The fraction of sp³-hybridized carbons (Fsp3) is 0.692. The van der Waals surface area contributed by atoms with Crippen LogP contribution in [0.5, 0.6) is 0 Å². The highest BCUT2D eigenvalue weighted by Gasteiger charge is 2.63. The molecule has 45 heavy (non-hydrogen) atoms. The molecule has 1 saturated heterocycles. The molecule has 6 heteroatoms. The molecule has 2 N–H and O–H groups in total. The van der Waals surface area contributed by atoms with E-state index in [0.717, 1.165) is 76.5 Å². The second-order valence-electron chi connectivity index (χ2n) is 15.9. The van der Waals surface area contributed by atoms with Crippen molar-refractivity contribution in [1.82, 2.24) is 10.2 Å². The van der Waals surface area contributed by atoms with Crippen LogP contribution in [0.15, 0.2) is 47.1 Å². The van der Waals surface area contributed by atoms with Crippen molar-refractivity contribution in [2.45, 2.75) is 109 Å². The summed E-state index contributed by atoms with van der Waals surface area (Å²) < 4.78 is 0. The number of carbonyl (C=O) groups is 1. The van der Waals surface area contributed by atoms with Crippen LogP contribution in [0.25, 0.3) is 0 Å². The van der Waals surface area contributed by atoms with Crippen molar-refractivity contribution in [2.75, 3.05) is 26.7 Å². The summed E-state index contributed by atoms with van der Waals surface area (Å²) in [6.45, 7) is 11.0. The zero-order valence-corrected chi connectivity index (χ0v) is 28.3. The lowest BCUT2D eigenvalue weighted by molar-refractivity contribution is -0.125. The monoisotopic (exact) mass is 613 g/mol. The van der Waals surface area contributed by atoms with Crippen LogP contribution in [0.4, 0.5) is 0 Å². The third-order valence-corrected chi connectivity index (χ3v) is 13.9. The SMILES string of the molecule is C#C[C@]1(O)CC[C@@H]2[C@@H]3CCC4=C/C(=N\OCC(=O)NCC[C@]5(c6ccccc6)C[C@H](C)N(C)C[C@@H]5C)CC[C@]4(C)[C@H]3CC[C@@]21C. The molecule has 0 unspecified atom stereocenters. The Kier molecular flexibility index (Phi) is 8.76. The third-order valence-electron chi connectivity index (χ3n) is 13.9. The van der Waals surface area contributed by atoms with Crippen LogP contribution in [0.1, 0.15) is 97.5 Å². The fourth-order valence-corrected chi connectivity index (χ4v) is 10.9. The standard InChI is InChI=1S/C39H55N3O3/c1-7-39(44)20-17-34-32-14-13-30-23-31(15-18-36(30,4)33(32)16-19-37(34,39)5)41-45-26-35(43)40-22-21-38(29-11-9-8-10-12-29)24-28(3)42(6)25-27(38)2/h1,8-12,23,27-28,32-34,44H,13-22,24-26H2,2-6H3,(H,40,43)/b41-31-/t27-,28-,32+,33-,34+,36-,37-,38-,39-/m0/s1. The van der Waals surface area contributed by atoms with Gasteiger partial charge in [-0.25, -0.2) is 0 Å². The van der Waals surface area contributed by atoms with E-state index in [0.29, 0.717) is 36.3 Å². The van der Waals surface area contributed by atoms with E-state index in [-0.39, 0.29) is 28.8 Å². The molecule has 6 nitrogen and oxygen atoms in total. The largest absolute Gasteiger partial charge is 0.385 e. The summed E-state index contributed by atoms with van der Waals surface area (Å²) in [4.78, 5) is 20.9. The number of hydrogen-bond acceptors (Lipinski definition) is 5. The van der Waals surface area contributed by atoms with Crippen molar-refractivity contribution in [3.05, 3.63) is 47.5 Å². The second-order valence-corrected chi connectivity index (χ2v) is 15.9. The molecule has 4 fully saturated rings. The van der Waals surface area contributed by atoms with Crippen LogP contribution in [-0.2, 0) is 15.0 Å². The summed E-state index contributed by atoms with van der Waals surface area (Å²) in [5, 5.41) is 18.9. The molecule has 1 aromatic rings. The summed E-state index contributed by atoms with van der Waals surface area (Å²) in [6.07, 6.45) is 18.2. The highest BCUT2D eigenvalue weighted by atomic mass is 16.6. The molecule has 1 aromatic carbocycles. The molecule has 0 bridgehead atoms. The van der Waals surface area contributed by atoms with Gasteiger partial charge < -0.3 is 20.2 Å². The molecule has 0 radical (unpaired) electrons. The number of allylic oxidation sites excluding steroid dienone is 2. The topological polar surface area (TPSA) is 74.2 Å². The van der Waals surface area contributed by atoms with Crippen LogP contribution >= 0.6 is 0 Å². The first-order valence-electron chi connectivity index (χ1n) is 17.6. The lowest BCUT2D eigenvalue weighted by atomic mass is 9.46. The van der Waals surface area contributed by atoms with E-state index >= 15 is 0 Å². The van der Waals surface area contributed by atoms with Gasteiger partial charge in [-0.2, -0.15) is 0 Å². The van der Waals surface area contributed by atoms with Gasteiger partial charge in [-0.3, -0.25) is 4.79 Å². The number of nitrogens with zero attached hydrogens (tertiary/aromatic N) is 2. The quantitative estimate of drug-likeness (QED) is 0.272. The van der Waals surface area contributed by atoms with E-state index in [2.05, 4.69) is 92.4 Å². The van der Waals surface area contributed by atoms with E-state index in [4.69, 9.17) is 11.3 Å². The number of piperidine rings is 1. The van der Waals surface area contributed by atoms with Crippen molar-refractivity contribution in [1.29, 1.82) is 0 Å². The predicted octanol–water partition coefficient (Wildman–Crippen LogP) is 6.49. The van der Waals surface area contributed by atoms with Crippen LogP contribution in [-0.4, -0.2) is 60.0 Å². The van der Waals surface area contributed by atoms with Crippen molar-refractivity contribution in [2.24, 2.45) is 39.7 Å². The first kappa shape index (κ1) is 32.3. The number of rotatable bonds is 7. The number of nitrogens with one attached hydrogen (secondary N) is 1. The normalized spacial score (nSPS) is 42.1. The number of fused-ring (bicyclic) bond motifs is 5.